The second kappa shape index (κ2) is 5.04. The Morgan fingerprint density at radius 3 is 3.09 bits per heavy atom. The number of anilines is 1. The number of hydrogen-bond acceptors (Lipinski definition) is 7. The molecule has 0 saturated carbocycles. The molecule has 1 aliphatic heterocycles. The van der Waals surface area contributed by atoms with E-state index in [0.717, 1.165) is 16.6 Å². The van der Waals surface area contributed by atoms with Crippen molar-refractivity contribution in [3.8, 4) is 0 Å². The molecule has 22 heavy (non-hydrogen) atoms. The molecule has 114 valence electrons. The number of likely N-dealkylation sites (tertiary alicyclic amines) is 1. The molecule has 4 rings (SSSR count). The lowest BCUT2D eigenvalue weighted by Gasteiger charge is -2.14. The minimum atomic E-state index is -0.466. The Kier molecular flexibility index (Phi) is 3.01. The predicted octanol–water partition coefficient (Wildman–Crippen LogP) is -0.451. The van der Waals surface area contributed by atoms with Crippen LogP contribution in [0.15, 0.2) is 24.9 Å². The number of nitrogen functional groups attached to an aromatic ring is 1. The number of nitrogens with one attached hydrogen (secondary N) is 1. The summed E-state index contributed by atoms with van der Waals surface area (Å²) in [5, 5.41) is 18.0. The maximum Gasteiger partial charge on any atom is 0.151 e. The molecule has 2 atom stereocenters. The topological polar surface area (TPSA) is 122 Å². The summed E-state index contributed by atoms with van der Waals surface area (Å²) in [6.45, 7) is 1.97. The Morgan fingerprint density at radius 2 is 2.27 bits per heavy atom. The van der Waals surface area contributed by atoms with Crippen LogP contribution in [-0.4, -0.2) is 59.1 Å². The molecule has 3 aromatic rings. The Hall–Kier alpha value is -2.52. The normalized spacial score (nSPS) is 22.6. The number of aliphatic hydroxyl groups excluding tert-OH is 1. The molecule has 4 heterocycles. The summed E-state index contributed by atoms with van der Waals surface area (Å²) in [7, 11) is 0. The van der Waals surface area contributed by atoms with E-state index in [4.69, 9.17) is 5.73 Å². The number of fused-ring (bicyclic) bond motifs is 1. The van der Waals surface area contributed by atoms with Crippen LogP contribution in [0.5, 0.6) is 0 Å². The van der Waals surface area contributed by atoms with Crippen molar-refractivity contribution < 1.29 is 5.11 Å². The summed E-state index contributed by atoms with van der Waals surface area (Å²) >= 11 is 0. The van der Waals surface area contributed by atoms with Crippen LogP contribution in [0, 0.1) is 0 Å². The highest BCUT2D eigenvalue weighted by Gasteiger charge is 2.33. The van der Waals surface area contributed by atoms with Crippen LogP contribution < -0.4 is 5.73 Å². The van der Waals surface area contributed by atoms with Gasteiger partial charge in [0.1, 0.15) is 11.8 Å². The van der Waals surface area contributed by atoms with E-state index in [1.165, 1.54) is 6.33 Å². The van der Waals surface area contributed by atoms with Crippen LogP contribution >= 0.6 is 0 Å². The third-order valence-corrected chi connectivity index (χ3v) is 4.08. The van der Waals surface area contributed by atoms with Gasteiger partial charge in [0.25, 0.3) is 0 Å². The van der Waals surface area contributed by atoms with Crippen molar-refractivity contribution in [2.24, 2.45) is 0 Å². The molecule has 0 unspecified atom stereocenters. The highest BCUT2D eigenvalue weighted by molar-refractivity contribution is 5.86. The van der Waals surface area contributed by atoms with E-state index in [1.54, 1.807) is 17.1 Å². The summed E-state index contributed by atoms with van der Waals surface area (Å²) in [6.07, 6.45) is 6.29. The molecule has 0 bridgehead atoms. The Bertz CT molecular complexity index is 783. The Labute approximate surface area is 125 Å². The number of rotatable bonds is 3. The van der Waals surface area contributed by atoms with E-state index in [1.807, 2.05) is 6.20 Å². The highest BCUT2D eigenvalue weighted by atomic mass is 16.3. The smallest absolute Gasteiger partial charge is 0.151 e. The molecule has 0 spiro atoms. The monoisotopic (exact) mass is 300 g/mol. The van der Waals surface area contributed by atoms with Crippen molar-refractivity contribution in [2.75, 3.05) is 18.8 Å². The lowest BCUT2D eigenvalue weighted by atomic mass is 10.2. The zero-order chi connectivity index (χ0) is 15.1. The molecule has 0 aromatic carbocycles. The van der Waals surface area contributed by atoms with Gasteiger partial charge in [-0.05, 0) is 0 Å². The molecule has 9 heteroatoms. The second-order valence-corrected chi connectivity index (χ2v) is 5.51. The second-order valence-electron chi connectivity index (χ2n) is 5.51. The maximum atomic E-state index is 10.2. The van der Waals surface area contributed by atoms with Gasteiger partial charge in [0, 0.05) is 37.6 Å². The van der Waals surface area contributed by atoms with Crippen molar-refractivity contribution in [3.63, 3.8) is 0 Å². The van der Waals surface area contributed by atoms with Gasteiger partial charge in [0.05, 0.1) is 23.9 Å². The fourth-order valence-electron chi connectivity index (χ4n) is 3.00. The first-order chi connectivity index (χ1) is 10.7. The van der Waals surface area contributed by atoms with Crippen molar-refractivity contribution in [1.29, 1.82) is 0 Å². The van der Waals surface area contributed by atoms with Crippen LogP contribution in [0.3, 0.4) is 0 Å². The summed E-state index contributed by atoms with van der Waals surface area (Å²) in [5.74, 6) is 0.443. The van der Waals surface area contributed by atoms with Gasteiger partial charge in [0.15, 0.2) is 5.82 Å². The Morgan fingerprint density at radius 1 is 1.36 bits per heavy atom. The third kappa shape index (κ3) is 2.11. The number of H-pyrrole nitrogens is 1. The predicted molar refractivity (Wildman–Crippen MR) is 78.6 cm³/mol. The average molecular weight is 300 g/mol. The van der Waals surface area contributed by atoms with E-state index in [9.17, 15) is 5.11 Å². The highest BCUT2D eigenvalue weighted by Crippen LogP contribution is 2.25. The van der Waals surface area contributed by atoms with Crippen molar-refractivity contribution in [3.05, 3.63) is 30.5 Å². The molecule has 1 saturated heterocycles. The molecular formula is C13H16N8O. The van der Waals surface area contributed by atoms with Crippen LogP contribution in [-0.2, 0) is 6.54 Å². The number of aromatic amines is 1. The first kappa shape index (κ1) is 13.2. The number of β-amino-alcohol motifs (C(OH)–C–C–N with tert-alkyl or cyclic N) is 1. The number of nitrogens with two attached hydrogens (primary N) is 1. The quantitative estimate of drug-likeness (QED) is 0.598. The van der Waals surface area contributed by atoms with Crippen molar-refractivity contribution in [2.45, 2.75) is 18.7 Å². The molecule has 3 aromatic heterocycles. The summed E-state index contributed by atoms with van der Waals surface area (Å²) in [4.78, 5) is 13.5. The molecule has 1 aliphatic rings. The van der Waals surface area contributed by atoms with E-state index in [-0.39, 0.29) is 6.04 Å². The number of aliphatic hydroxyl groups is 1. The summed E-state index contributed by atoms with van der Waals surface area (Å²) in [5.41, 5.74) is 8.45. The minimum absolute atomic E-state index is 0.0765. The average Bonchev–Trinajstić information content (AvgIpc) is 3.20. The number of aromatic nitrogens is 6. The molecular weight excluding hydrogens is 284 g/mol. The zero-order valence-corrected chi connectivity index (χ0v) is 11.8. The van der Waals surface area contributed by atoms with Crippen molar-refractivity contribution in [1.82, 2.24) is 34.8 Å². The standard InChI is InChI=1S/C13H16N8O/c14-13-12-11(16-7-17-13)8(3-15-12)4-20-5-9(10(22)6-20)21-2-1-18-19-21/h1-3,7,9-10,15,22H,4-6H2,(H2,14,16,17)/t9-,10-/m0/s1. The van der Waals surface area contributed by atoms with Gasteiger partial charge in [0.2, 0.25) is 0 Å². The van der Waals surface area contributed by atoms with Crippen LogP contribution in [0.4, 0.5) is 5.82 Å². The molecule has 1 fully saturated rings. The lowest BCUT2D eigenvalue weighted by molar-refractivity contribution is 0.138. The number of nitrogens with zero attached hydrogens (tertiary/aromatic N) is 6. The van der Waals surface area contributed by atoms with Gasteiger partial charge < -0.3 is 15.8 Å². The molecule has 0 amide bonds. The van der Waals surface area contributed by atoms with Gasteiger partial charge in [-0.15, -0.1) is 5.10 Å². The lowest BCUT2D eigenvalue weighted by Crippen LogP contribution is -2.22. The van der Waals surface area contributed by atoms with E-state index in [2.05, 4.69) is 30.2 Å². The molecule has 0 aliphatic carbocycles. The third-order valence-electron chi connectivity index (χ3n) is 4.08. The van der Waals surface area contributed by atoms with E-state index >= 15 is 0 Å². The summed E-state index contributed by atoms with van der Waals surface area (Å²) in [6, 6.07) is -0.0765. The van der Waals surface area contributed by atoms with Gasteiger partial charge in [-0.2, -0.15) is 0 Å². The maximum absolute atomic E-state index is 10.2. The molecule has 4 N–H and O–H groups in total. The largest absolute Gasteiger partial charge is 0.390 e. The van der Waals surface area contributed by atoms with Crippen LogP contribution in [0.2, 0.25) is 0 Å². The zero-order valence-electron chi connectivity index (χ0n) is 11.8. The van der Waals surface area contributed by atoms with Gasteiger partial charge >= 0.3 is 0 Å². The van der Waals surface area contributed by atoms with Crippen LogP contribution in [0.25, 0.3) is 11.0 Å². The number of hydrogen-bond donors (Lipinski definition) is 3. The fourth-order valence-corrected chi connectivity index (χ4v) is 3.00. The summed E-state index contributed by atoms with van der Waals surface area (Å²) < 4.78 is 1.71. The van der Waals surface area contributed by atoms with Gasteiger partial charge in [-0.1, -0.05) is 5.21 Å². The van der Waals surface area contributed by atoms with Crippen molar-refractivity contribution >= 4 is 16.9 Å². The minimum Gasteiger partial charge on any atom is -0.390 e. The van der Waals surface area contributed by atoms with E-state index in [0.29, 0.717) is 25.5 Å². The first-order valence-electron chi connectivity index (χ1n) is 7.05. The SMILES string of the molecule is Nc1ncnc2c(CN3C[C@H](O)[C@@H](n4ccnn4)C3)c[nH]c12. The first-order valence-corrected chi connectivity index (χ1v) is 7.05. The Balaban J connectivity index is 1.55. The fraction of sp³-hybridized carbons (Fsp3) is 0.385. The van der Waals surface area contributed by atoms with Gasteiger partial charge in [-0.3, -0.25) is 4.90 Å². The van der Waals surface area contributed by atoms with Gasteiger partial charge in [-0.25, -0.2) is 14.6 Å². The molecule has 9 nitrogen and oxygen atoms in total. The van der Waals surface area contributed by atoms with Crippen LogP contribution in [0.1, 0.15) is 11.6 Å². The molecule has 0 radical (unpaired) electrons. The van der Waals surface area contributed by atoms with E-state index < -0.39 is 6.10 Å².